The molecule has 19 heteroatoms. The summed E-state index contributed by atoms with van der Waals surface area (Å²) in [5.74, 6) is -2.77. The van der Waals surface area contributed by atoms with Gasteiger partial charge in [0.1, 0.15) is 36.6 Å². The van der Waals surface area contributed by atoms with E-state index in [1.54, 1.807) is 0 Å². The van der Waals surface area contributed by atoms with Crippen LogP contribution >= 0.6 is 0 Å². The summed E-state index contributed by atoms with van der Waals surface area (Å²) in [5.41, 5.74) is 2.15. The number of carbonyl (C=O) groups excluding carboxylic acids is 1. The minimum absolute atomic E-state index is 0.0143. The van der Waals surface area contributed by atoms with Gasteiger partial charge >= 0.3 is 5.97 Å². The Hall–Kier alpha value is -1.73. The minimum atomic E-state index is -1.02. The van der Waals surface area contributed by atoms with Crippen LogP contribution in [-0.4, -0.2) is 198 Å². The molecule has 3 spiro atoms. The van der Waals surface area contributed by atoms with Gasteiger partial charge in [0.25, 0.3) is 0 Å². The van der Waals surface area contributed by atoms with Crippen LogP contribution in [0.2, 0.25) is 0 Å². The van der Waals surface area contributed by atoms with Crippen molar-refractivity contribution in [3.8, 4) is 0 Å². The smallest absolute Gasteiger partial charge is 0.308 e. The zero-order chi connectivity index (χ0) is 54.0. The Bertz CT molecular complexity index is 2340. The largest absolute Gasteiger partial charge is 0.459 e. The molecule has 1 unspecified atom stereocenters. The average Bonchev–Trinajstić information content (AvgIpc) is 4.25. The van der Waals surface area contributed by atoms with E-state index in [1.165, 1.54) is 0 Å². The van der Waals surface area contributed by atoms with Crippen LogP contribution in [0.1, 0.15) is 143 Å². The van der Waals surface area contributed by atoms with Crippen molar-refractivity contribution < 1.29 is 91.2 Å². The predicted molar refractivity (Wildman–Crippen MR) is 274 cm³/mol. The zero-order valence-corrected chi connectivity index (χ0v) is 46.5. The second-order valence-corrected chi connectivity index (χ2v) is 27.5. The van der Waals surface area contributed by atoms with Gasteiger partial charge < -0.3 is 86.4 Å². The lowest BCUT2D eigenvalue weighted by atomic mass is 9.79. The van der Waals surface area contributed by atoms with E-state index in [0.29, 0.717) is 64.2 Å². The van der Waals surface area contributed by atoms with Gasteiger partial charge in [-0.15, -0.1) is 0 Å². The second kappa shape index (κ2) is 20.2. The van der Waals surface area contributed by atoms with Crippen LogP contribution in [0.3, 0.4) is 0 Å². The fourth-order valence-corrected chi connectivity index (χ4v) is 18.2. The van der Waals surface area contributed by atoms with Gasteiger partial charge in [-0.2, -0.15) is 0 Å². The minimum Gasteiger partial charge on any atom is -0.459 e. The molecule has 19 nitrogen and oxygen atoms in total. The molecule has 0 aromatic heterocycles. The van der Waals surface area contributed by atoms with Crippen molar-refractivity contribution in [1.29, 1.82) is 0 Å². The topological polar surface area (TPSA) is 216 Å². The van der Waals surface area contributed by atoms with Crippen molar-refractivity contribution in [2.24, 2.45) is 23.7 Å². The van der Waals surface area contributed by atoms with Gasteiger partial charge in [-0.05, 0) is 73.8 Å². The molecule has 0 amide bonds. The van der Waals surface area contributed by atoms with Gasteiger partial charge in [0.05, 0.1) is 129 Å². The molecular weight excluding hydrogens is 1020 g/mol. The molecule has 32 atom stereocenters. The quantitative estimate of drug-likeness (QED) is 0.251. The third-order valence-corrected chi connectivity index (χ3v) is 21.9. The highest BCUT2D eigenvalue weighted by Crippen LogP contribution is 2.58. The Labute approximate surface area is 463 Å². The standard InChI is InChI=1S/C60H86O19/c1-26-13-33-7-9-37-27(2)14-35(65-37)11-12-58-23-46-54(78-58)55-56(72-46)57(79-58)53-38(69-55)10-8-34(67-53)16-48(64)73-52-31(6)51-43(68-42(52)17-39(66-33)30(26)5)19-41-45(71-51)22-60(74-41)24-47-50(77-60)29(4)21-59(76-47)20-28(3)49-44(75-59)18-40(70-49)36(63)15-32(62)25-61/h26,28-29,31-47,49-57,61-63H,2,5,7-25H2,1,3-4,6H3/t26-,28+,29+,31+,32+,33+,34-,35?,36-,37+,38+,39-,40+,41-,42+,43+,44+,45-,46+,47+,49+,50+,51+,52-,53+,54-,55-,56-,57+,58+,59+,60+/m1/s1. The van der Waals surface area contributed by atoms with Crippen LogP contribution in [0.5, 0.6) is 0 Å². The normalized spacial score (nSPS) is 57.2. The van der Waals surface area contributed by atoms with Crippen LogP contribution in [0.15, 0.2) is 24.3 Å². The van der Waals surface area contributed by atoms with E-state index >= 15 is 0 Å². The van der Waals surface area contributed by atoms with E-state index in [1.807, 2.05) is 0 Å². The molecule has 16 aliphatic rings. The first-order valence-electron chi connectivity index (χ1n) is 30.8. The summed E-state index contributed by atoms with van der Waals surface area (Å²) >= 11 is 0. The number of hydrogen-bond donors (Lipinski definition) is 3. The van der Waals surface area contributed by atoms with Crippen molar-refractivity contribution >= 4 is 5.97 Å². The van der Waals surface area contributed by atoms with Gasteiger partial charge in [0.2, 0.25) is 0 Å². The van der Waals surface area contributed by atoms with Crippen LogP contribution < -0.4 is 0 Å². The van der Waals surface area contributed by atoms with E-state index in [0.717, 1.165) is 49.7 Å². The summed E-state index contributed by atoms with van der Waals surface area (Å²) < 4.78 is 104. The molecule has 0 aromatic rings. The molecule has 12 bridgehead atoms. The van der Waals surface area contributed by atoms with Crippen LogP contribution in [0.4, 0.5) is 0 Å². The lowest BCUT2D eigenvalue weighted by molar-refractivity contribution is -0.347. The summed E-state index contributed by atoms with van der Waals surface area (Å²) in [6, 6.07) is 0. The first-order chi connectivity index (χ1) is 38.0. The number of aliphatic hydroxyl groups excluding tert-OH is 3. The molecule has 16 heterocycles. The van der Waals surface area contributed by atoms with E-state index < -0.39 is 72.8 Å². The van der Waals surface area contributed by atoms with Gasteiger partial charge in [0.15, 0.2) is 17.4 Å². The van der Waals surface area contributed by atoms with E-state index in [2.05, 4.69) is 40.9 Å². The zero-order valence-electron chi connectivity index (χ0n) is 46.5. The highest BCUT2D eigenvalue weighted by atomic mass is 16.8. The van der Waals surface area contributed by atoms with Crippen molar-refractivity contribution in [3.63, 3.8) is 0 Å². The van der Waals surface area contributed by atoms with Gasteiger partial charge in [-0.3, -0.25) is 4.79 Å². The molecule has 16 aliphatic heterocycles. The number of aliphatic hydroxyl groups is 3. The van der Waals surface area contributed by atoms with Crippen molar-refractivity contribution in [2.45, 2.75) is 313 Å². The van der Waals surface area contributed by atoms with Gasteiger partial charge in [0, 0.05) is 70.1 Å². The first kappa shape index (κ1) is 54.0. The highest BCUT2D eigenvalue weighted by molar-refractivity contribution is 5.70. The molecule has 440 valence electrons. The molecule has 16 saturated heterocycles. The second-order valence-electron chi connectivity index (χ2n) is 27.5. The molecular formula is C60H86O19. The predicted octanol–water partition coefficient (Wildman–Crippen LogP) is 4.93. The molecule has 0 saturated carbocycles. The van der Waals surface area contributed by atoms with Crippen LogP contribution in [-0.2, 0) is 75.8 Å². The Morgan fingerprint density at radius 1 is 0.506 bits per heavy atom. The van der Waals surface area contributed by atoms with E-state index in [4.69, 9.17) is 71.1 Å². The monoisotopic (exact) mass is 1110 g/mol. The fraction of sp³-hybridized carbons (Fsp3) is 0.917. The summed E-state index contributed by atoms with van der Waals surface area (Å²) in [5, 5.41) is 30.3. The Balaban J connectivity index is 0.655. The summed E-state index contributed by atoms with van der Waals surface area (Å²) in [4.78, 5) is 14.6. The molecule has 0 aromatic carbocycles. The third kappa shape index (κ3) is 9.43. The Morgan fingerprint density at radius 3 is 2.03 bits per heavy atom. The van der Waals surface area contributed by atoms with Crippen molar-refractivity contribution in [2.75, 3.05) is 6.61 Å². The lowest BCUT2D eigenvalue weighted by Crippen LogP contribution is -2.62. The third-order valence-electron chi connectivity index (χ3n) is 21.9. The average molecular weight is 1110 g/mol. The molecule has 3 N–H and O–H groups in total. The van der Waals surface area contributed by atoms with Crippen LogP contribution in [0.25, 0.3) is 0 Å². The van der Waals surface area contributed by atoms with E-state index in [9.17, 15) is 20.1 Å². The van der Waals surface area contributed by atoms with Gasteiger partial charge in [-0.25, -0.2) is 0 Å². The highest BCUT2D eigenvalue weighted by Gasteiger charge is 2.70. The number of hydrogen-bond acceptors (Lipinski definition) is 19. The summed E-state index contributed by atoms with van der Waals surface area (Å²) in [6.45, 7) is 17.4. The molecule has 0 radical (unpaired) electrons. The maximum Gasteiger partial charge on any atom is 0.308 e. The number of ether oxygens (including phenoxy) is 15. The molecule has 79 heavy (non-hydrogen) atoms. The molecule has 0 aliphatic carbocycles. The summed E-state index contributed by atoms with van der Waals surface area (Å²) in [7, 11) is 0. The maximum absolute atomic E-state index is 14.6. The number of esters is 1. The van der Waals surface area contributed by atoms with Crippen molar-refractivity contribution in [3.05, 3.63) is 24.3 Å². The Kier molecular flexibility index (Phi) is 13.8. The Morgan fingerprint density at radius 2 is 1.18 bits per heavy atom. The first-order valence-corrected chi connectivity index (χ1v) is 30.8. The molecule has 16 fully saturated rings. The lowest BCUT2D eigenvalue weighted by Gasteiger charge is -2.50. The van der Waals surface area contributed by atoms with Gasteiger partial charge in [-0.1, -0.05) is 40.9 Å². The SMILES string of the molecule is C=C1CC2CC[C@@]34C[C@@H]5O[C@H]6[C@@H](O3)[C@H]3O[C@H](CC[C@@H]3O[C@@H]6[C@@H]5O4)CC(=O)O[C@@H]3[C@@H](C)[C@@H]4O[C@@H]5C[C@]6(C[C@@H]7O[C@@]8(C[C@H](C)[C@@H]9O[C@H]([C@H](O)C[C@H](O)CO)C[C@@H]9O8)C[C@H](C)[C@@H]7O6)O[C@@H]5C[C@@H]4O[C@H]3C[C@H]3O[C@@H](CC[C@@H]1O2)C[C@@H](C)C3=C. The summed E-state index contributed by atoms with van der Waals surface area (Å²) in [6.07, 6.45) is 2.17. The fourth-order valence-electron chi connectivity index (χ4n) is 18.2. The van der Waals surface area contributed by atoms with Crippen LogP contribution in [0, 0.1) is 23.7 Å². The van der Waals surface area contributed by atoms with E-state index in [-0.39, 0.29) is 146 Å². The number of carbonyl (C=O) groups is 1. The number of rotatable bonds is 4. The number of fused-ring (bicyclic) bond motifs is 10. The maximum atomic E-state index is 14.6. The molecule has 16 rings (SSSR count). The van der Waals surface area contributed by atoms with Crippen molar-refractivity contribution in [1.82, 2.24) is 0 Å².